The normalized spacial score (nSPS) is 10.8. The topological polar surface area (TPSA) is 59.3 Å². The zero-order valence-corrected chi connectivity index (χ0v) is 13.3. The number of Topliss-reactive ketones (excluding diaryl/α,β-unsaturated/α-hetero) is 1. The Bertz CT molecular complexity index is 783. The number of nitrogens with zero attached hydrogens (tertiary/aromatic N) is 1. The van der Waals surface area contributed by atoms with Crippen LogP contribution in [0, 0.1) is 18.3 Å². The van der Waals surface area contributed by atoms with Crippen molar-refractivity contribution in [1.29, 1.82) is 5.26 Å². The number of carbonyl (C=O) groups excluding carboxylic acids is 1. The van der Waals surface area contributed by atoms with Crippen LogP contribution in [0.5, 0.6) is 11.5 Å². The summed E-state index contributed by atoms with van der Waals surface area (Å²) in [5.41, 5.74) is 2.25. The van der Waals surface area contributed by atoms with Gasteiger partial charge in [-0.2, -0.15) is 5.26 Å². The molecule has 0 saturated carbocycles. The van der Waals surface area contributed by atoms with Crippen molar-refractivity contribution in [2.45, 2.75) is 6.92 Å². The Balaban J connectivity index is 2.32. The summed E-state index contributed by atoms with van der Waals surface area (Å²) in [6.45, 7) is 1.91. The smallest absolute Gasteiger partial charge is 0.203 e. The predicted molar refractivity (Wildman–Crippen MR) is 88.6 cm³/mol. The molecular formula is C19H17NO3. The number of allylic oxidation sites excluding steroid dienone is 1. The molecule has 0 atom stereocenters. The van der Waals surface area contributed by atoms with E-state index in [2.05, 4.69) is 0 Å². The molecule has 0 spiro atoms. The number of methoxy groups -OCH3 is 2. The van der Waals surface area contributed by atoms with Gasteiger partial charge in [-0.15, -0.1) is 0 Å². The standard InChI is InChI=1S/C19H17NO3/c1-13-10-14(4-9-18(13)23-3)11-16(12-20)19(21)15-5-7-17(22-2)8-6-15/h4-11H,1-3H3/b16-11+. The number of ketones is 1. The van der Waals surface area contributed by atoms with Crippen LogP contribution < -0.4 is 9.47 Å². The third-order valence-electron chi connectivity index (χ3n) is 3.45. The molecule has 116 valence electrons. The van der Waals surface area contributed by atoms with E-state index in [9.17, 15) is 10.1 Å². The molecule has 0 bridgehead atoms. The minimum Gasteiger partial charge on any atom is -0.497 e. The number of hydrogen-bond acceptors (Lipinski definition) is 4. The summed E-state index contributed by atoms with van der Waals surface area (Å²) >= 11 is 0. The van der Waals surface area contributed by atoms with Crippen LogP contribution >= 0.6 is 0 Å². The first-order valence-corrected chi connectivity index (χ1v) is 7.04. The molecule has 0 radical (unpaired) electrons. The molecule has 0 amide bonds. The van der Waals surface area contributed by atoms with E-state index in [0.29, 0.717) is 11.3 Å². The lowest BCUT2D eigenvalue weighted by Gasteiger charge is -2.06. The van der Waals surface area contributed by atoms with Gasteiger partial charge in [0.15, 0.2) is 0 Å². The quantitative estimate of drug-likeness (QED) is 0.479. The number of ether oxygens (including phenoxy) is 2. The second kappa shape index (κ2) is 7.28. The molecule has 0 aliphatic rings. The van der Waals surface area contributed by atoms with Crippen molar-refractivity contribution in [1.82, 2.24) is 0 Å². The van der Waals surface area contributed by atoms with Gasteiger partial charge in [0.05, 0.1) is 14.2 Å². The van der Waals surface area contributed by atoms with Crippen LogP contribution in [-0.4, -0.2) is 20.0 Å². The van der Waals surface area contributed by atoms with Gasteiger partial charge in [0.2, 0.25) is 5.78 Å². The van der Waals surface area contributed by atoms with E-state index in [4.69, 9.17) is 9.47 Å². The molecule has 0 N–H and O–H groups in total. The van der Waals surface area contributed by atoms with E-state index in [0.717, 1.165) is 16.9 Å². The summed E-state index contributed by atoms with van der Waals surface area (Å²) in [7, 11) is 3.16. The molecule has 2 aromatic carbocycles. The highest BCUT2D eigenvalue weighted by molar-refractivity contribution is 6.14. The number of carbonyl (C=O) groups is 1. The zero-order chi connectivity index (χ0) is 16.8. The summed E-state index contributed by atoms with van der Waals surface area (Å²) in [6.07, 6.45) is 1.58. The van der Waals surface area contributed by atoms with Gasteiger partial charge in [0.1, 0.15) is 23.1 Å². The molecule has 0 heterocycles. The Morgan fingerprint density at radius 1 is 1.09 bits per heavy atom. The SMILES string of the molecule is COc1ccc(C(=O)/C(C#N)=C/c2ccc(OC)c(C)c2)cc1. The molecule has 4 heteroatoms. The molecule has 0 unspecified atom stereocenters. The summed E-state index contributed by atoms with van der Waals surface area (Å²) in [4.78, 5) is 12.4. The fourth-order valence-corrected chi connectivity index (χ4v) is 2.20. The fraction of sp³-hybridized carbons (Fsp3) is 0.158. The van der Waals surface area contributed by atoms with Crippen molar-refractivity contribution in [2.75, 3.05) is 14.2 Å². The highest BCUT2D eigenvalue weighted by Gasteiger charge is 2.12. The van der Waals surface area contributed by atoms with Crippen LogP contribution in [0.15, 0.2) is 48.0 Å². The number of rotatable bonds is 5. The van der Waals surface area contributed by atoms with Gasteiger partial charge in [-0.05, 0) is 60.5 Å². The van der Waals surface area contributed by atoms with Crippen LogP contribution in [0.4, 0.5) is 0 Å². The molecule has 0 aliphatic heterocycles. The first kappa shape index (κ1) is 16.3. The largest absolute Gasteiger partial charge is 0.497 e. The van der Waals surface area contributed by atoms with Crippen molar-refractivity contribution >= 4 is 11.9 Å². The number of aryl methyl sites for hydroxylation is 1. The van der Waals surface area contributed by atoms with E-state index in [-0.39, 0.29) is 11.4 Å². The fourth-order valence-electron chi connectivity index (χ4n) is 2.20. The van der Waals surface area contributed by atoms with Gasteiger partial charge in [-0.1, -0.05) is 6.07 Å². The van der Waals surface area contributed by atoms with Crippen molar-refractivity contribution in [3.8, 4) is 17.6 Å². The van der Waals surface area contributed by atoms with E-state index in [1.54, 1.807) is 44.6 Å². The van der Waals surface area contributed by atoms with Crippen LogP contribution in [0.2, 0.25) is 0 Å². The van der Waals surface area contributed by atoms with Crippen molar-refractivity contribution in [2.24, 2.45) is 0 Å². The van der Waals surface area contributed by atoms with E-state index < -0.39 is 0 Å². The molecule has 2 aromatic rings. The Morgan fingerprint density at radius 3 is 2.30 bits per heavy atom. The highest BCUT2D eigenvalue weighted by Crippen LogP contribution is 2.21. The monoisotopic (exact) mass is 307 g/mol. The first-order valence-electron chi connectivity index (χ1n) is 7.04. The summed E-state index contributed by atoms with van der Waals surface area (Å²) < 4.78 is 10.3. The third-order valence-corrected chi connectivity index (χ3v) is 3.45. The van der Waals surface area contributed by atoms with E-state index >= 15 is 0 Å². The Kier molecular flexibility index (Phi) is 5.16. The number of benzene rings is 2. The zero-order valence-electron chi connectivity index (χ0n) is 13.3. The Labute approximate surface area is 135 Å². The molecule has 0 aliphatic carbocycles. The van der Waals surface area contributed by atoms with Crippen LogP contribution in [0.3, 0.4) is 0 Å². The number of nitriles is 1. The van der Waals surface area contributed by atoms with Gasteiger partial charge in [0, 0.05) is 5.56 Å². The van der Waals surface area contributed by atoms with Crippen LogP contribution in [0.1, 0.15) is 21.5 Å². The lowest BCUT2D eigenvalue weighted by Crippen LogP contribution is -2.02. The minimum atomic E-state index is -0.316. The maximum Gasteiger partial charge on any atom is 0.203 e. The summed E-state index contributed by atoms with van der Waals surface area (Å²) in [6, 6.07) is 14.1. The van der Waals surface area contributed by atoms with Crippen molar-refractivity contribution in [3.05, 3.63) is 64.7 Å². The molecule has 0 fully saturated rings. The second-order valence-electron chi connectivity index (χ2n) is 4.96. The lowest BCUT2D eigenvalue weighted by atomic mass is 10.0. The van der Waals surface area contributed by atoms with Crippen molar-refractivity contribution in [3.63, 3.8) is 0 Å². The maximum atomic E-state index is 12.4. The molecular weight excluding hydrogens is 290 g/mol. The summed E-state index contributed by atoms with van der Waals surface area (Å²) in [5, 5.41) is 9.30. The van der Waals surface area contributed by atoms with Gasteiger partial charge in [-0.3, -0.25) is 4.79 Å². The maximum absolute atomic E-state index is 12.4. The van der Waals surface area contributed by atoms with Crippen LogP contribution in [0.25, 0.3) is 6.08 Å². The van der Waals surface area contributed by atoms with Gasteiger partial charge >= 0.3 is 0 Å². The Morgan fingerprint density at radius 2 is 1.78 bits per heavy atom. The number of hydrogen-bond donors (Lipinski definition) is 0. The molecule has 23 heavy (non-hydrogen) atoms. The van der Waals surface area contributed by atoms with Gasteiger partial charge in [0.25, 0.3) is 0 Å². The van der Waals surface area contributed by atoms with Gasteiger partial charge in [-0.25, -0.2) is 0 Å². The molecule has 0 aromatic heterocycles. The average Bonchev–Trinajstić information content (AvgIpc) is 2.59. The second-order valence-corrected chi connectivity index (χ2v) is 4.96. The Hall–Kier alpha value is -3.06. The third kappa shape index (κ3) is 3.78. The lowest BCUT2D eigenvalue weighted by molar-refractivity contribution is 0.104. The van der Waals surface area contributed by atoms with E-state index in [1.165, 1.54) is 0 Å². The predicted octanol–water partition coefficient (Wildman–Crippen LogP) is 3.80. The molecule has 2 rings (SSSR count). The molecule has 4 nitrogen and oxygen atoms in total. The van der Waals surface area contributed by atoms with Crippen LogP contribution in [-0.2, 0) is 0 Å². The molecule has 0 saturated heterocycles. The van der Waals surface area contributed by atoms with Gasteiger partial charge < -0.3 is 9.47 Å². The minimum absolute atomic E-state index is 0.0831. The first-order chi connectivity index (χ1) is 11.1. The van der Waals surface area contributed by atoms with Crippen molar-refractivity contribution < 1.29 is 14.3 Å². The highest BCUT2D eigenvalue weighted by atomic mass is 16.5. The summed E-state index contributed by atoms with van der Waals surface area (Å²) in [5.74, 6) is 1.11. The van der Waals surface area contributed by atoms with E-state index in [1.807, 2.05) is 31.2 Å². The average molecular weight is 307 g/mol.